The van der Waals surface area contributed by atoms with Crippen LogP contribution in [0.25, 0.3) is 33.2 Å². The molecule has 7 nitrogen and oxygen atoms in total. The van der Waals surface area contributed by atoms with E-state index in [9.17, 15) is 18.3 Å². The Hall–Kier alpha value is -3.14. The summed E-state index contributed by atoms with van der Waals surface area (Å²) in [6.45, 7) is 3.05. The normalized spacial score (nSPS) is 21.1. The van der Waals surface area contributed by atoms with E-state index in [1.165, 1.54) is 10.6 Å². The van der Waals surface area contributed by atoms with Gasteiger partial charge in [-0.1, -0.05) is 6.92 Å². The Morgan fingerprint density at radius 2 is 2.03 bits per heavy atom. The van der Waals surface area contributed by atoms with Gasteiger partial charge in [0.2, 0.25) is 5.95 Å². The number of H-pyrrole nitrogens is 1. The molecule has 3 N–H and O–H groups in total. The fourth-order valence-electron chi connectivity index (χ4n) is 4.87. The lowest BCUT2D eigenvalue weighted by molar-refractivity contribution is -0.00198. The molecule has 3 aromatic heterocycles. The number of aromatic nitrogens is 5. The zero-order chi connectivity index (χ0) is 24.0. The molecule has 0 saturated heterocycles. The van der Waals surface area contributed by atoms with Gasteiger partial charge in [-0.25, -0.2) is 23.1 Å². The van der Waals surface area contributed by atoms with Crippen LogP contribution in [-0.4, -0.2) is 47.7 Å². The highest BCUT2D eigenvalue weighted by Gasteiger charge is 2.31. The maximum Gasteiger partial charge on any atom is 0.256 e. The predicted octanol–water partition coefficient (Wildman–Crippen LogP) is 5.18. The monoisotopic (exact) mass is 472 g/mol. The molecule has 0 aliphatic heterocycles. The lowest BCUT2D eigenvalue weighted by Crippen LogP contribution is -2.38. The van der Waals surface area contributed by atoms with Gasteiger partial charge < -0.3 is 20.0 Å². The summed E-state index contributed by atoms with van der Waals surface area (Å²) in [5.41, 5.74) is 1.62. The van der Waals surface area contributed by atoms with Crippen LogP contribution in [0.15, 0.2) is 24.5 Å². The second-order valence-corrected chi connectivity index (χ2v) is 9.14. The topological polar surface area (TPSA) is 91.6 Å². The van der Waals surface area contributed by atoms with Crippen LogP contribution in [0.1, 0.15) is 44.9 Å². The second kappa shape index (κ2) is 8.57. The molecule has 0 bridgehead atoms. The van der Waals surface area contributed by atoms with Gasteiger partial charge in [-0.3, -0.25) is 0 Å². The van der Waals surface area contributed by atoms with E-state index in [1.807, 2.05) is 6.92 Å². The van der Waals surface area contributed by atoms with E-state index in [-0.39, 0.29) is 11.6 Å². The molecule has 0 unspecified atom stereocenters. The van der Waals surface area contributed by atoms with Crippen molar-refractivity contribution in [2.45, 2.75) is 70.6 Å². The minimum atomic E-state index is -2.57. The van der Waals surface area contributed by atoms with Crippen molar-refractivity contribution in [2.24, 2.45) is 0 Å². The molecule has 0 spiro atoms. The van der Waals surface area contributed by atoms with Crippen molar-refractivity contribution in [2.75, 3.05) is 5.32 Å². The first-order chi connectivity index (χ1) is 16.3. The van der Waals surface area contributed by atoms with Crippen LogP contribution in [0.4, 0.5) is 19.1 Å². The van der Waals surface area contributed by atoms with Crippen molar-refractivity contribution in [1.29, 1.82) is 0 Å². The molecule has 1 fully saturated rings. The molecule has 0 radical (unpaired) electrons. The Balaban J connectivity index is 1.44. The van der Waals surface area contributed by atoms with Gasteiger partial charge in [0, 0.05) is 29.4 Å². The number of hydrogen-bond donors (Lipinski definition) is 3. The number of aliphatic hydroxyl groups is 1. The Labute approximate surface area is 194 Å². The standard InChI is InChI=1S/C24H27F3N6O/c1-3-24(34)6-4-15(5-7-24)31-23-29-11-17-16(10-28-22(17)32-23)14-8-18(25)21-19(9-14)33(12-20(26)27)13(2)30-21/h8-11,15,20,34H,3-7,12H2,1-2H3,(H2,28,29,31,32)/t15-,24+. The van der Waals surface area contributed by atoms with Gasteiger partial charge in [-0.2, -0.15) is 4.98 Å². The first kappa shape index (κ1) is 22.6. The molecular weight excluding hydrogens is 445 g/mol. The van der Waals surface area contributed by atoms with E-state index < -0.39 is 24.4 Å². The van der Waals surface area contributed by atoms with Gasteiger partial charge in [-0.05, 0) is 56.7 Å². The largest absolute Gasteiger partial charge is 0.390 e. The third-order valence-corrected chi connectivity index (χ3v) is 6.97. The Bertz CT molecular complexity index is 1340. The van der Waals surface area contributed by atoms with Crippen LogP contribution >= 0.6 is 0 Å². The van der Waals surface area contributed by atoms with E-state index in [1.54, 1.807) is 25.4 Å². The van der Waals surface area contributed by atoms with E-state index >= 15 is 0 Å². The minimum absolute atomic E-state index is 0.0759. The quantitative estimate of drug-likeness (QED) is 0.360. The van der Waals surface area contributed by atoms with Crippen molar-refractivity contribution in [3.8, 4) is 11.1 Å². The van der Waals surface area contributed by atoms with Gasteiger partial charge in [0.05, 0.1) is 17.7 Å². The summed E-state index contributed by atoms with van der Waals surface area (Å²) >= 11 is 0. The number of alkyl halides is 2. The SMILES string of the molecule is CC[C@]1(O)CC[C@@H](Nc2ncc3c(-c4cc(F)c5nc(C)n(CC(F)F)c5c4)c[nH]c3n2)CC1. The van der Waals surface area contributed by atoms with Crippen molar-refractivity contribution < 1.29 is 18.3 Å². The minimum Gasteiger partial charge on any atom is -0.390 e. The molecule has 4 aromatic rings. The van der Waals surface area contributed by atoms with Crippen LogP contribution in [0.5, 0.6) is 0 Å². The Morgan fingerprint density at radius 1 is 1.26 bits per heavy atom. The molecule has 5 rings (SSSR count). The number of anilines is 1. The average Bonchev–Trinajstić information content (AvgIpc) is 3.36. The zero-order valence-corrected chi connectivity index (χ0v) is 19.1. The number of imidazole rings is 1. The number of halogens is 3. The van der Waals surface area contributed by atoms with Crippen LogP contribution in [0, 0.1) is 12.7 Å². The van der Waals surface area contributed by atoms with E-state index in [0.29, 0.717) is 39.4 Å². The zero-order valence-electron chi connectivity index (χ0n) is 19.1. The van der Waals surface area contributed by atoms with Gasteiger partial charge >= 0.3 is 0 Å². The number of aryl methyl sites for hydroxylation is 1. The van der Waals surface area contributed by atoms with Gasteiger partial charge in [0.1, 0.15) is 17.0 Å². The Kier molecular flexibility index (Phi) is 5.71. The summed E-state index contributed by atoms with van der Waals surface area (Å²) < 4.78 is 42.3. The number of rotatable bonds is 6. The maximum atomic E-state index is 14.8. The molecular formula is C24H27F3N6O. The smallest absolute Gasteiger partial charge is 0.256 e. The fourth-order valence-corrected chi connectivity index (χ4v) is 4.87. The van der Waals surface area contributed by atoms with Crippen LogP contribution in [0.3, 0.4) is 0 Å². The molecule has 3 heterocycles. The molecule has 10 heteroatoms. The van der Waals surface area contributed by atoms with E-state index in [4.69, 9.17) is 0 Å². The Morgan fingerprint density at radius 3 is 2.74 bits per heavy atom. The summed E-state index contributed by atoms with van der Waals surface area (Å²) in [5, 5.41) is 14.5. The summed E-state index contributed by atoms with van der Waals surface area (Å²) in [5.74, 6) is 0.256. The molecule has 0 atom stereocenters. The number of nitrogens with zero attached hydrogens (tertiary/aromatic N) is 4. The van der Waals surface area contributed by atoms with Crippen LogP contribution in [-0.2, 0) is 6.54 Å². The summed E-state index contributed by atoms with van der Waals surface area (Å²) in [4.78, 5) is 16.3. The maximum absolute atomic E-state index is 14.8. The highest BCUT2D eigenvalue weighted by Crippen LogP contribution is 2.34. The lowest BCUT2D eigenvalue weighted by atomic mass is 9.80. The molecule has 1 saturated carbocycles. The lowest BCUT2D eigenvalue weighted by Gasteiger charge is -2.35. The van der Waals surface area contributed by atoms with Crippen molar-refractivity contribution >= 4 is 28.0 Å². The summed E-state index contributed by atoms with van der Waals surface area (Å²) in [6.07, 6.45) is 4.73. The number of fused-ring (bicyclic) bond motifs is 2. The third-order valence-electron chi connectivity index (χ3n) is 6.97. The summed E-state index contributed by atoms with van der Waals surface area (Å²) in [7, 11) is 0. The van der Waals surface area contributed by atoms with Gasteiger partial charge in [0.25, 0.3) is 6.43 Å². The van der Waals surface area contributed by atoms with Crippen molar-refractivity contribution in [3.63, 3.8) is 0 Å². The third kappa shape index (κ3) is 4.11. The van der Waals surface area contributed by atoms with Gasteiger partial charge in [0.15, 0.2) is 5.82 Å². The molecule has 1 aromatic carbocycles. The first-order valence-electron chi connectivity index (χ1n) is 11.5. The molecule has 180 valence electrons. The fraction of sp³-hybridized carbons (Fsp3) is 0.458. The van der Waals surface area contributed by atoms with Crippen molar-refractivity contribution in [1.82, 2.24) is 24.5 Å². The van der Waals surface area contributed by atoms with E-state index in [2.05, 4.69) is 25.3 Å². The average molecular weight is 473 g/mol. The molecule has 1 aliphatic rings. The van der Waals surface area contributed by atoms with Crippen molar-refractivity contribution in [3.05, 3.63) is 36.2 Å². The predicted molar refractivity (Wildman–Crippen MR) is 124 cm³/mol. The number of hydrogen-bond acceptors (Lipinski definition) is 5. The van der Waals surface area contributed by atoms with Crippen LogP contribution < -0.4 is 5.32 Å². The molecule has 1 aliphatic carbocycles. The number of nitrogens with one attached hydrogen (secondary N) is 2. The molecule has 0 amide bonds. The number of aromatic amines is 1. The second-order valence-electron chi connectivity index (χ2n) is 9.14. The first-order valence-corrected chi connectivity index (χ1v) is 11.5. The highest BCUT2D eigenvalue weighted by molar-refractivity contribution is 5.96. The van der Waals surface area contributed by atoms with Crippen LogP contribution in [0.2, 0.25) is 0 Å². The summed E-state index contributed by atoms with van der Waals surface area (Å²) in [6, 6.07) is 3.22. The van der Waals surface area contributed by atoms with Gasteiger partial charge in [-0.15, -0.1) is 0 Å². The number of benzene rings is 1. The molecule has 34 heavy (non-hydrogen) atoms. The van der Waals surface area contributed by atoms with E-state index in [0.717, 1.165) is 32.1 Å². The highest BCUT2D eigenvalue weighted by atomic mass is 19.3.